The van der Waals surface area contributed by atoms with E-state index < -0.39 is 0 Å². The van der Waals surface area contributed by atoms with Gasteiger partial charge in [-0.15, -0.1) is 11.3 Å². The minimum atomic E-state index is -0.0454. The fourth-order valence-corrected chi connectivity index (χ4v) is 5.71. The summed E-state index contributed by atoms with van der Waals surface area (Å²) in [7, 11) is 2.21. The van der Waals surface area contributed by atoms with Crippen LogP contribution in [-0.2, 0) is 12.0 Å². The first kappa shape index (κ1) is 19.6. The number of fused-ring (bicyclic) bond motifs is 3. The van der Waals surface area contributed by atoms with Crippen LogP contribution in [0.1, 0.15) is 70.0 Å². The van der Waals surface area contributed by atoms with Crippen LogP contribution in [0, 0.1) is 0 Å². The van der Waals surface area contributed by atoms with E-state index >= 15 is 0 Å². The number of nitrogens with zero attached hydrogens (tertiary/aromatic N) is 4. The molecule has 1 aliphatic rings. The molecule has 0 radical (unpaired) electrons. The molecule has 28 heavy (non-hydrogen) atoms. The Morgan fingerprint density at radius 3 is 2.57 bits per heavy atom. The summed E-state index contributed by atoms with van der Waals surface area (Å²) in [5, 5.41) is 0. The lowest BCUT2D eigenvalue weighted by Crippen LogP contribution is -2.28. The Hall–Kier alpha value is -1.66. The van der Waals surface area contributed by atoms with E-state index in [-0.39, 0.29) is 5.54 Å². The number of unbranched alkanes of at least 4 members (excludes halogenated alkanes) is 1. The Morgan fingerprint density at radius 1 is 1.21 bits per heavy atom. The highest BCUT2D eigenvalue weighted by Gasteiger charge is 2.27. The van der Waals surface area contributed by atoms with Gasteiger partial charge >= 0.3 is 0 Å². The van der Waals surface area contributed by atoms with Crippen LogP contribution < -0.4 is 5.73 Å². The lowest BCUT2D eigenvalue weighted by molar-refractivity contribution is 0.257. The second-order valence-electron chi connectivity index (χ2n) is 9.27. The van der Waals surface area contributed by atoms with E-state index in [1.54, 1.807) is 0 Å². The van der Waals surface area contributed by atoms with Gasteiger partial charge < -0.3 is 15.2 Å². The number of pyridine rings is 1. The molecule has 3 aromatic rings. The summed E-state index contributed by atoms with van der Waals surface area (Å²) in [4.78, 5) is 13.6. The molecule has 0 aromatic carbocycles. The Bertz CT molecular complexity index is 986. The number of imidazole rings is 1. The molecule has 1 aliphatic heterocycles. The molecule has 0 unspecified atom stereocenters. The monoisotopic (exact) mass is 399 g/mol. The number of hydrogen-bond acceptors (Lipinski definition) is 5. The topological polar surface area (TPSA) is 60.0 Å². The Labute approximate surface area is 171 Å². The number of piperidine rings is 1. The van der Waals surface area contributed by atoms with Gasteiger partial charge in [0.15, 0.2) is 5.82 Å². The number of aromatic nitrogens is 3. The summed E-state index contributed by atoms with van der Waals surface area (Å²) in [6.45, 7) is 11.4. The summed E-state index contributed by atoms with van der Waals surface area (Å²) >= 11 is 1.91. The van der Waals surface area contributed by atoms with E-state index in [0.29, 0.717) is 11.7 Å². The smallest absolute Gasteiger partial charge is 0.152 e. The van der Waals surface area contributed by atoms with Crippen LogP contribution in [0.3, 0.4) is 0 Å². The van der Waals surface area contributed by atoms with Gasteiger partial charge in [0, 0.05) is 16.8 Å². The number of nitrogen functional groups attached to an aromatic ring is 1. The maximum Gasteiger partial charge on any atom is 0.152 e. The van der Waals surface area contributed by atoms with Crippen LogP contribution in [0.4, 0.5) is 5.82 Å². The molecule has 6 heteroatoms. The maximum absolute atomic E-state index is 6.39. The molecule has 4 rings (SSSR count). The van der Waals surface area contributed by atoms with E-state index in [9.17, 15) is 0 Å². The number of thiophene rings is 1. The largest absolute Gasteiger partial charge is 0.382 e. The van der Waals surface area contributed by atoms with Crippen LogP contribution in [-0.4, -0.2) is 39.6 Å². The third-order valence-electron chi connectivity index (χ3n) is 5.92. The van der Waals surface area contributed by atoms with Gasteiger partial charge in [-0.2, -0.15) is 0 Å². The number of likely N-dealkylation sites (tertiary alicyclic amines) is 1. The minimum Gasteiger partial charge on any atom is -0.382 e. The Balaban J connectivity index is 1.91. The second kappa shape index (κ2) is 7.30. The van der Waals surface area contributed by atoms with Gasteiger partial charge in [-0.3, -0.25) is 0 Å². The Morgan fingerprint density at radius 2 is 1.93 bits per heavy atom. The number of aryl methyl sites for hydroxylation is 1. The van der Waals surface area contributed by atoms with Crippen molar-refractivity contribution in [3.05, 3.63) is 16.8 Å². The zero-order valence-electron chi connectivity index (χ0n) is 17.9. The van der Waals surface area contributed by atoms with Crippen LogP contribution in [0.2, 0.25) is 0 Å². The van der Waals surface area contributed by atoms with Gasteiger partial charge in [-0.05, 0) is 72.2 Å². The second-order valence-corrected chi connectivity index (χ2v) is 10.4. The molecule has 0 saturated carbocycles. The average Bonchev–Trinajstić information content (AvgIpc) is 3.22. The standard InChI is InChI=1S/C22H33N5S/c1-6-7-8-17-25-18-19(27(17)22(2,3)4)20-15(24-21(18)23)13-16(28-20)14-9-11-26(5)12-10-14/h13-14H,6-12H2,1-5H3,(H2,23,24). The Kier molecular flexibility index (Phi) is 5.12. The van der Waals surface area contributed by atoms with Crippen LogP contribution in [0.25, 0.3) is 21.3 Å². The summed E-state index contributed by atoms with van der Waals surface area (Å²) < 4.78 is 3.68. The van der Waals surface area contributed by atoms with Crippen LogP contribution in [0.5, 0.6) is 0 Å². The van der Waals surface area contributed by atoms with E-state index in [4.69, 9.17) is 15.7 Å². The predicted molar refractivity (Wildman–Crippen MR) is 120 cm³/mol. The minimum absolute atomic E-state index is 0.0454. The van der Waals surface area contributed by atoms with Crippen molar-refractivity contribution in [3.8, 4) is 0 Å². The van der Waals surface area contributed by atoms with Crippen molar-refractivity contribution in [1.29, 1.82) is 0 Å². The third kappa shape index (κ3) is 3.41. The zero-order valence-corrected chi connectivity index (χ0v) is 18.7. The average molecular weight is 400 g/mol. The van der Waals surface area contributed by atoms with E-state index in [0.717, 1.165) is 36.1 Å². The predicted octanol–water partition coefficient (Wildman–Crippen LogP) is 5.14. The molecule has 2 N–H and O–H groups in total. The molecule has 0 spiro atoms. The van der Waals surface area contributed by atoms with Gasteiger partial charge in [0.1, 0.15) is 11.3 Å². The van der Waals surface area contributed by atoms with E-state index in [2.05, 4.69) is 50.3 Å². The first-order chi connectivity index (χ1) is 13.3. The number of hydrogen-bond donors (Lipinski definition) is 1. The van der Waals surface area contributed by atoms with Crippen molar-refractivity contribution in [2.24, 2.45) is 0 Å². The lowest BCUT2D eigenvalue weighted by atomic mass is 9.95. The van der Waals surface area contributed by atoms with Crippen molar-refractivity contribution in [3.63, 3.8) is 0 Å². The number of rotatable bonds is 4. The molecular weight excluding hydrogens is 366 g/mol. The number of anilines is 1. The summed E-state index contributed by atoms with van der Waals surface area (Å²) in [6.07, 6.45) is 5.73. The zero-order chi connectivity index (χ0) is 20.1. The van der Waals surface area contributed by atoms with Crippen molar-refractivity contribution in [1.82, 2.24) is 19.4 Å². The normalized spacial score (nSPS) is 17.2. The highest BCUT2D eigenvalue weighted by atomic mass is 32.1. The third-order valence-corrected chi connectivity index (χ3v) is 7.22. The van der Waals surface area contributed by atoms with Crippen molar-refractivity contribution < 1.29 is 0 Å². The summed E-state index contributed by atoms with van der Waals surface area (Å²) in [5.74, 6) is 2.34. The van der Waals surface area contributed by atoms with E-state index in [1.807, 2.05) is 11.3 Å². The highest BCUT2D eigenvalue weighted by Crippen LogP contribution is 2.41. The quantitative estimate of drug-likeness (QED) is 0.660. The first-order valence-electron chi connectivity index (χ1n) is 10.6. The van der Waals surface area contributed by atoms with Crippen molar-refractivity contribution >= 4 is 38.4 Å². The van der Waals surface area contributed by atoms with Gasteiger partial charge in [-0.1, -0.05) is 13.3 Å². The molecule has 0 bridgehead atoms. The van der Waals surface area contributed by atoms with Crippen LogP contribution in [0.15, 0.2) is 6.07 Å². The van der Waals surface area contributed by atoms with Gasteiger partial charge in [0.25, 0.3) is 0 Å². The number of nitrogens with two attached hydrogens (primary N) is 1. The summed E-state index contributed by atoms with van der Waals surface area (Å²) in [5.41, 5.74) is 9.45. The van der Waals surface area contributed by atoms with E-state index in [1.165, 1.54) is 41.0 Å². The molecular formula is C22H33N5S. The molecule has 5 nitrogen and oxygen atoms in total. The highest BCUT2D eigenvalue weighted by molar-refractivity contribution is 7.20. The lowest BCUT2D eigenvalue weighted by Gasteiger charge is -2.28. The SMILES string of the molecule is CCCCc1nc2c(N)nc3cc(C4CCN(C)CC4)sc3c2n1C(C)(C)C. The molecule has 0 atom stereocenters. The molecule has 0 aliphatic carbocycles. The fourth-order valence-electron chi connectivity index (χ4n) is 4.41. The molecule has 4 heterocycles. The molecule has 0 amide bonds. The fraction of sp³-hybridized carbons (Fsp3) is 0.636. The van der Waals surface area contributed by atoms with Gasteiger partial charge in [-0.25, -0.2) is 9.97 Å². The van der Waals surface area contributed by atoms with Gasteiger partial charge in [0.2, 0.25) is 0 Å². The van der Waals surface area contributed by atoms with Crippen molar-refractivity contribution in [2.45, 2.75) is 71.3 Å². The van der Waals surface area contributed by atoms with Crippen molar-refractivity contribution in [2.75, 3.05) is 25.9 Å². The summed E-state index contributed by atoms with van der Waals surface area (Å²) in [6, 6.07) is 2.29. The van der Waals surface area contributed by atoms with Gasteiger partial charge in [0.05, 0.1) is 15.7 Å². The van der Waals surface area contributed by atoms with Crippen LogP contribution >= 0.6 is 11.3 Å². The molecule has 152 valence electrons. The molecule has 3 aromatic heterocycles. The maximum atomic E-state index is 6.39. The molecule has 1 fully saturated rings. The first-order valence-corrected chi connectivity index (χ1v) is 11.4. The molecule has 1 saturated heterocycles.